The highest BCUT2D eigenvalue weighted by Gasteiger charge is 2.13. The average molecular weight is 387 g/mol. The molecule has 2 heterocycles. The number of nitrogens with one attached hydrogen (secondary N) is 1. The second-order valence-electron chi connectivity index (χ2n) is 6.44. The lowest BCUT2D eigenvalue weighted by atomic mass is 10.1. The van der Waals surface area contributed by atoms with E-state index < -0.39 is 5.91 Å². The van der Waals surface area contributed by atoms with Crippen molar-refractivity contribution in [3.05, 3.63) is 96.2 Å². The third-order valence-electron chi connectivity index (χ3n) is 4.42. The molecule has 0 atom stereocenters. The predicted molar refractivity (Wildman–Crippen MR) is 109 cm³/mol. The average Bonchev–Trinajstić information content (AvgIpc) is 3.18. The van der Waals surface area contributed by atoms with Crippen LogP contribution in [-0.2, 0) is 6.54 Å². The van der Waals surface area contributed by atoms with E-state index in [1.54, 1.807) is 28.9 Å². The molecular formula is C22H18FN5O. The maximum Gasteiger partial charge on any atom is 0.267 e. The summed E-state index contributed by atoms with van der Waals surface area (Å²) in [5.41, 5.74) is 9.58. The summed E-state index contributed by atoms with van der Waals surface area (Å²) in [7, 11) is 0. The van der Waals surface area contributed by atoms with E-state index >= 15 is 0 Å². The van der Waals surface area contributed by atoms with Gasteiger partial charge in [-0.05, 0) is 48.5 Å². The van der Waals surface area contributed by atoms with Gasteiger partial charge in [0.25, 0.3) is 5.91 Å². The Morgan fingerprint density at radius 3 is 2.55 bits per heavy atom. The summed E-state index contributed by atoms with van der Waals surface area (Å²) in [6.07, 6.45) is 3.45. The van der Waals surface area contributed by atoms with Crippen LogP contribution >= 0.6 is 0 Å². The van der Waals surface area contributed by atoms with Crippen LogP contribution in [0.2, 0.25) is 0 Å². The molecule has 7 heteroatoms. The van der Waals surface area contributed by atoms with Crippen molar-refractivity contribution >= 4 is 11.6 Å². The molecule has 6 nitrogen and oxygen atoms in total. The first-order chi connectivity index (χ1) is 14.1. The molecule has 29 heavy (non-hydrogen) atoms. The summed E-state index contributed by atoms with van der Waals surface area (Å²) in [5.74, 6) is -0.885. The van der Waals surface area contributed by atoms with Gasteiger partial charge >= 0.3 is 0 Å². The van der Waals surface area contributed by atoms with E-state index in [0.717, 1.165) is 22.5 Å². The molecule has 144 valence electrons. The zero-order valence-corrected chi connectivity index (χ0v) is 15.4. The Bertz CT molecular complexity index is 1140. The number of amides is 1. The number of aromatic nitrogens is 3. The van der Waals surface area contributed by atoms with Crippen LogP contribution in [0.1, 0.15) is 16.1 Å². The maximum atomic E-state index is 13.4. The maximum absolute atomic E-state index is 13.4. The summed E-state index contributed by atoms with van der Waals surface area (Å²) in [6, 6.07) is 19.3. The second kappa shape index (κ2) is 7.93. The third-order valence-corrected chi connectivity index (χ3v) is 4.42. The highest BCUT2D eigenvalue weighted by Crippen LogP contribution is 2.25. The van der Waals surface area contributed by atoms with Crippen LogP contribution < -0.4 is 11.1 Å². The number of carbonyl (C=O) groups excluding carboxylic acids is 1. The lowest BCUT2D eigenvalue weighted by molar-refractivity contribution is 0.0995. The topological polar surface area (TPSA) is 85.8 Å². The third kappa shape index (κ3) is 4.14. The van der Waals surface area contributed by atoms with Crippen LogP contribution in [0.15, 0.2) is 79.1 Å². The van der Waals surface area contributed by atoms with Crippen LogP contribution in [0.5, 0.6) is 0 Å². The Balaban J connectivity index is 1.67. The van der Waals surface area contributed by atoms with Crippen molar-refractivity contribution in [3.63, 3.8) is 0 Å². The summed E-state index contributed by atoms with van der Waals surface area (Å²) >= 11 is 0. The molecule has 0 saturated carbocycles. The van der Waals surface area contributed by atoms with Gasteiger partial charge in [-0.25, -0.2) is 9.07 Å². The number of para-hydroxylation sites is 1. The van der Waals surface area contributed by atoms with Gasteiger partial charge in [0.05, 0.1) is 11.4 Å². The molecule has 0 unspecified atom stereocenters. The first-order valence-electron chi connectivity index (χ1n) is 9.00. The van der Waals surface area contributed by atoms with Crippen molar-refractivity contribution in [2.24, 2.45) is 5.73 Å². The Hall–Kier alpha value is -4.00. The molecule has 0 bridgehead atoms. The molecule has 4 aromatic rings. The molecule has 0 radical (unpaired) electrons. The molecule has 0 aliphatic carbocycles. The minimum absolute atomic E-state index is 0.189. The molecule has 2 aromatic heterocycles. The van der Waals surface area contributed by atoms with Gasteiger partial charge < -0.3 is 11.1 Å². The Labute approximate surface area is 166 Å². The number of hydrogen-bond acceptors (Lipinski definition) is 4. The van der Waals surface area contributed by atoms with E-state index in [1.807, 2.05) is 36.5 Å². The number of halogens is 1. The second-order valence-corrected chi connectivity index (χ2v) is 6.44. The minimum atomic E-state index is -0.586. The highest BCUT2D eigenvalue weighted by atomic mass is 19.1. The van der Waals surface area contributed by atoms with Gasteiger partial charge in [-0.3, -0.25) is 9.78 Å². The molecule has 0 aliphatic heterocycles. The van der Waals surface area contributed by atoms with Crippen LogP contribution in [0.4, 0.5) is 10.1 Å². The van der Waals surface area contributed by atoms with Gasteiger partial charge in [-0.2, -0.15) is 5.10 Å². The van der Waals surface area contributed by atoms with Crippen molar-refractivity contribution in [2.75, 3.05) is 5.32 Å². The van der Waals surface area contributed by atoms with Gasteiger partial charge in [0.1, 0.15) is 11.5 Å². The largest absolute Gasteiger partial charge is 0.381 e. The Kier molecular flexibility index (Phi) is 5.03. The zero-order chi connectivity index (χ0) is 20.2. The molecule has 3 N–H and O–H groups in total. The van der Waals surface area contributed by atoms with Crippen LogP contribution in [0.3, 0.4) is 0 Å². The van der Waals surface area contributed by atoms with Crippen molar-refractivity contribution in [1.82, 2.24) is 14.8 Å². The lowest BCUT2D eigenvalue weighted by Crippen LogP contribution is -2.13. The number of rotatable bonds is 6. The quantitative estimate of drug-likeness (QED) is 0.527. The Morgan fingerprint density at radius 1 is 1.07 bits per heavy atom. The van der Waals surface area contributed by atoms with Crippen LogP contribution in [-0.4, -0.2) is 20.7 Å². The number of pyridine rings is 1. The van der Waals surface area contributed by atoms with E-state index in [1.165, 1.54) is 18.3 Å². The zero-order valence-electron chi connectivity index (χ0n) is 15.4. The first-order valence-corrected chi connectivity index (χ1v) is 9.00. The number of hydrogen-bond donors (Lipinski definition) is 2. The van der Waals surface area contributed by atoms with E-state index in [2.05, 4.69) is 10.3 Å². The van der Waals surface area contributed by atoms with Crippen molar-refractivity contribution < 1.29 is 9.18 Å². The van der Waals surface area contributed by atoms with Gasteiger partial charge in [-0.15, -0.1) is 0 Å². The first kappa shape index (κ1) is 18.4. The molecule has 1 amide bonds. The lowest BCUT2D eigenvalue weighted by Gasteiger charge is -2.07. The monoisotopic (exact) mass is 387 g/mol. The number of carbonyl (C=O) groups is 1. The van der Waals surface area contributed by atoms with Gasteiger partial charge in [0.2, 0.25) is 0 Å². The predicted octanol–water partition coefficient (Wildman–Crippen LogP) is 3.78. The smallest absolute Gasteiger partial charge is 0.267 e. The highest BCUT2D eigenvalue weighted by molar-refractivity contribution is 5.91. The molecule has 0 fully saturated rings. The molecule has 0 saturated heterocycles. The van der Waals surface area contributed by atoms with Gasteiger partial charge in [0.15, 0.2) is 0 Å². The van der Waals surface area contributed by atoms with Gasteiger partial charge in [-0.1, -0.05) is 18.2 Å². The molecule has 4 rings (SSSR count). The Morgan fingerprint density at radius 2 is 1.83 bits per heavy atom. The fourth-order valence-corrected chi connectivity index (χ4v) is 2.98. The molecular weight excluding hydrogens is 369 g/mol. The van der Waals surface area contributed by atoms with Crippen molar-refractivity contribution in [2.45, 2.75) is 6.54 Å². The number of benzene rings is 2. The normalized spacial score (nSPS) is 10.7. The van der Waals surface area contributed by atoms with E-state index in [4.69, 9.17) is 10.8 Å². The summed E-state index contributed by atoms with van der Waals surface area (Å²) in [5, 5.41) is 7.97. The summed E-state index contributed by atoms with van der Waals surface area (Å²) in [4.78, 5) is 15.3. The number of nitrogens with two attached hydrogens (primary N) is 1. The van der Waals surface area contributed by atoms with Crippen LogP contribution in [0, 0.1) is 5.82 Å². The fraction of sp³-hybridized carbons (Fsp3) is 0.0455. The molecule has 0 aliphatic rings. The number of primary amides is 1. The summed E-state index contributed by atoms with van der Waals surface area (Å²) in [6.45, 7) is 0.446. The standard InChI is InChI=1S/C22H18FN5O/c23-17-8-6-15(7-9-17)21-16(14-28(27-21)19-4-2-1-3-5-19)13-26-18-10-11-25-20(12-18)22(24)29/h1-12,14H,13H2,(H2,24,29)(H,25,26). The molecule has 2 aromatic carbocycles. The fourth-order valence-electron chi connectivity index (χ4n) is 2.98. The molecule has 0 spiro atoms. The van der Waals surface area contributed by atoms with Crippen LogP contribution in [0.25, 0.3) is 16.9 Å². The number of nitrogens with zero attached hydrogens (tertiary/aromatic N) is 3. The summed E-state index contributed by atoms with van der Waals surface area (Å²) < 4.78 is 15.2. The number of anilines is 1. The van der Waals surface area contributed by atoms with Crippen molar-refractivity contribution in [3.8, 4) is 16.9 Å². The van der Waals surface area contributed by atoms with E-state index in [-0.39, 0.29) is 11.5 Å². The SMILES string of the molecule is NC(=O)c1cc(NCc2cn(-c3ccccc3)nc2-c2ccc(F)cc2)ccn1. The van der Waals surface area contributed by atoms with E-state index in [0.29, 0.717) is 12.2 Å². The van der Waals surface area contributed by atoms with Gasteiger partial charge in [0, 0.05) is 35.8 Å². The minimum Gasteiger partial charge on any atom is -0.381 e. The van der Waals surface area contributed by atoms with Crippen molar-refractivity contribution in [1.29, 1.82) is 0 Å². The van der Waals surface area contributed by atoms with E-state index in [9.17, 15) is 9.18 Å².